The topological polar surface area (TPSA) is 73.1 Å². The number of rotatable bonds is 5. The molecule has 142 valence electrons. The highest BCUT2D eigenvalue weighted by molar-refractivity contribution is 7.17. The molecule has 0 aliphatic rings. The van der Waals surface area contributed by atoms with E-state index in [4.69, 9.17) is 0 Å². The van der Waals surface area contributed by atoms with E-state index in [-0.39, 0.29) is 18.5 Å². The predicted molar refractivity (Wildman–Crippen MR) is 104 cm³/mol. The van der Waals surface area contributed by atoms with E-state index < -0.39 is 17.1 Å². The molecule has 0 aliphatic carbocycles. The van der Waals surface area contributed by atoms with Crippen molar-refractivity contribution in [2.24, 2.45) is 0 Å². The maximum Gasteiger partial charge on any atom is 0.336 e. The van der Waals surface area contributed by atoms with Gasteiger partial charge in [-0.2, -0.15) is 0 Å². The molecular weight excluding hydrogens is 369 g/mol. The number of aromatic nitrogens is 2. The maximum absolute atomic E-state index is 13.5. The Morgan fingerprint density at radius 3 is 2.70 bits per heavy atom. The van der Waals surface area contributed by atoms with E-state index in [0.717, 1.165) is 11.0 Å². The summed E-state index contributed by atoms with van der Waals surface area (Å²) in [6.07, 6.45) is 0.767. The van der Waals surface area contributed by atoms with Gasteiger partial charge in [-0.1, -0.05) is 6.92 Å². The summed E-state index contributed by atoms with van der Waals surface area (Å²) < 4.78 is 16.1. The van der Waals surface area contributed by atoms with Gasteiger partial charge in [-0.25, -0.2) is 13.8 Å². The van der Waals surface area contributed by atoms with Gasteiger partial charge in [0, 0.05) is 6.04 Å². The van der Waals surface area contributed by atoms with E-state index in [2.05, 4.69) is 5.32 Å². The number of hydrogen-bond donors (Lipinski definition) is 1. The third-order valence-electron chi connectivity index (χ3n) is 4.48. The van der Waals surface area contributed by atoms with Gasteiger partial charge in [-0.3, -0.25) is 14.2 Å². The highest BCUT2D eigenvalue weighted by atomic mass is 32.1. The van der Waals surface area contributed by atoms with Crippen LogP contribution in [0.25, 0.3) is 15.9 Å². The Balaban J connectivity index is 2.20. The fourth-order valence-electron chi connectivity index (χ4n) is 2.89. The standard InChI is InChI=1S/C19H20FN3O3S/c1-4-12(3)21-16(24)10-22-15-7-8-27-17(15)18(25)23(19(22)26)14-6-5-13(20)9-11(14)2/h5-9,12H,4,10H2,1-3H3,(H,21,24)/t12-/m0/s1. The van der Waals surface area contributed by atoms with E-state index in [1.807, 2.05) is 13.8 Å². The van der Waals surface area contributed by atoms with Crippen LogP contribution in [0, 0.1) is 12.7 Å². The minimum Gasteiger partial charge on any atom is -0.352 e. The number of amides is 1. The number of carbonyl (C=O) groups is 1. The van der Waals surface area contributed by atoms with Crippen LogP contribution in [0.4, 0.5) is 4.39 Å². The molecule has 3 rings (SSSR count). The van der Waals surface area contributed by atoms with Crippen LogP contribution in [-0.4, -0.2) is 21.1 Å². The lowest BCUT2D eigenvalue weighted by atomic mass is 10.2. The second-order valence-electron chi connectivity index (χ2n) is 6.45. The predicted octanol–water partition coefficient (Wildman–Crippen LogP) is 2.58. The minimum absolute atomic E-state index is 0.0172. The number of carbonyl (C=O) groups excluding carboxylic acids is 1. The van der Waals surface area contributed by atoms with Gasteiger partial charge in [0.1, 0.15) is 17.1 Å². The van der Waals surface area contributed by atoms with Crippen LogP contribution >= 0.6 is 11.3 Å². The molecule has 0 bridgehead atoms. The molecule has 0 radical (unpaired) electrons. The first-order valence-corrected chi connectivity index (χ1v) is 9.50. The van der Waals surface area contributed by atoms with E-state index in [9.17, 15) is 18.8 Å². The third kappa shape index (κ3) is 3.57. The first-order chi connectivity index (χ1) is 12.8. The molecule has 0 saturated carbocycles. The van der Waals surface area contributed by atoms with Gasteiger partial charge in [-0.15, -0.1) is 11.3 Å². The molecule has 1 atom stereocenters. The van der Waals surface area contributed by atoms with E-state index in [1.165, 1.54) is 34.1 Å². The van der Waals surface area contributed by atoms with Crippen molar-refractivity contribution in [2.75, 3.05) is 0 Å². The van der Waals surface area contributed by atoms with Crippen molar-refractivity contribution in [2.45, 2.75) is 39.8 Å². The molecule has 1 aromatic carbocycles. The lowest BCUT2D eigenvalue weighted by molar-refractivity contribution is -0.122. The Bertz CT molecular complexity index is 1130. The summed E-state index contributed by atoms with van der Waals surface area (Å²) in [6, 6.07) is 5.50. The van der Waals surface area contributed by atoms with Gasteiger partial charge >= 0.3 is 5.69 Å². The van der Waals surface area contributed by atoms with Crippen molar-refractivity contribution in [3.05, 3.63) is 61.9 Å². The molecule has 1 amide bonds. The van der Waals surface area contributed by atoms with Gasteiger partial charge in [0.25, 0.3) is 5.56 Å². The van der Waals surface area contributed by atoms with E-state index >= 15 is 0 Å². The summed E-state index contributed by atoms with van der Waals surface area (Å²) in [5.74, 6) is -0.755. The quantitative estimate of drug-likeness (QED) is 0.729. The van der Waals surface area contributed by atoms with Gasteiger partial charge in [0.2, 0.25) is 5.91 Å². The number of nitrogens with zero attached hydrogens (tertiary/aromatic N) is 2. The van der Waals surface area contributed by atoms with Crippen LogP contribution in [0.15, 0.2) is 39.2 Å². The van der Waals surface area contributed by atoms with Crippen molar-refractivity contribution in [3.8, 4) is 5.69 Å². The van der Waals surface area contributed by atoms with Crippen molar-refractivity contribution in [1.29, 1.82) is 0 Å². The number of thiophene rings is 1. The molecule has 0 spiro atoms. The average molecular weight is 389 g/mol. The SMILES string of the molecule is CC[C@H](C)NC(=O)Cn1c(=O)n(-c2ccc(F)cc2C)c(=O)c2sccc21. The normalized spacial score (nSPS) is 12.3. The fraction of sp³-hybridized carbons (Fsp3) is 0.316. The van der Waals surface area contributed by atoms with Crippen LogP contribution in [0.3, 0.4) is 0 Å². The number of halogens is 1. The maximum atomic E-state index is 13.5. The zero-order valence-corrected chi connectivity index (χ0v) is 16.1. The summed E-state index contributed by atoms with van der Waals surface area (Å²) in [7, 11) is 0. The summed E-state index contributed by atoms with van der Waals surface area (Å²) >= 11 is 1.20. The van der Waals surface area contributed by atoms with Gasteiger partial charge in [0.05, 0.1) is 11.2 Å². The van der Waals surface area contributed by atoms with Gasteiger partial charge < -0.3 is 5.32 Å². The van der Waals surface area contributed by atoms with Crippen LogP contribution < -0.4 is 16.6 Å². The lowest BCUT2D eigenvalue weighted by Crippen LogP contribution is -2.43. The molecule has 2 aromatic heterocycles. The lowest BCUT2D eigenvalue weighted by Gasteiger charge is -2.15. The van der Waals surface area contributed by atoms with E-state index in [1.54, 1.807) is 18.4 Å². The largest absolute Gasteiger partial charge is 0.352 e. The minimum atomic E-state index is -0.625. The van der Waals surface area contributed by atoms with Crippen LogP contribution in [0.5, 0.6) is 0 Å². The Morgan fingerprint density at radius 1 is 1.30 bits per heavy atom. The Morgan fingerprint density at radius 2 is 2.04 bits per heavy atom. The average Bonchev–Trinajstić information content (AvgIpc) is 3.10. The zero-order chi connectivity index (χ0) is 19.7. The van der Waals surface area contributed by atoms with Crippen LogP contribution in [0.2, 0.25) is 0 Å². The third-order valence-corrected chi connectivity index (χ3v) is 5.37. The number of benzene rings is 1. The highest BCUT2D eigenvalue weighted by Gasteiger charge is 2.19. The fourth-order valence-corrected chi connectivity index (χ4v) is 3.71. The first kappa shape index (κ1) is 19.0. The monoisotopic (exact) mass is 389 g/mol. The molecule has 0 fully saturated rings. The molecule has 8 heteroatoms. The second kappa shape index (κ2) is 7.48. The molecule has 27 heavy (non-hydrogen) atoms. The number of fused-ring (bicyclic) bond motifs is 1. The molecular formula is C19H20FN3O3S. The second-order valence-corrected chi connectivity index (χ2v) is 7.37. The number of nitrogens with one attached hydrogen (secondary N) is 1. The molecule has 0 aliphatic heterocycles. The first-order valence-electron chi connectivity index (χ1n) is 8.62. The molecule has 1 N–H and O–H groups in total. The summed E-state index contributed by atoms with van der Waals surface area (Å²) in [5, 5.41) is 4.53. The number of aryl methyl sites for hydroxylation is 1. The molecule has 3 aromatic rings. The summed E-state index contributed by atoms with van der Waals surface area (Å²) in [4.78, 5) is 38.3. The number of hydrogen-bond acceptors (Lipinski definition) is 4. The van der Waals surface area contributed by atoms with E-state index in [0.29, 0.717) is 21.5 Å². The Kier molecular flexibility index (Phi) is 5.27. The smallest absolute Gasteiger partial charge is 0.336 e. The van der Waals surface area contributed by atoms with Gasteiger partial charge in [-0.05, 0) is 55.5 Å². The van der Waals surface area contributed by atoms with Crippen molar-refractivity contribution in [3.63, 3.8) is 0 Å². The molecule has 0 unspecified atom stereocenters. The van der Waals surface area contributed by atoms with Crippen molar-refractivity contribution >= 4 is 27.5 Å². The van der Waals surface area contributed by atoms with Crippen LogP contribution in [-0.2, 0) is 11.3 Å². The Labute approximate surface area is 158 Å². The van der Waals surface area contributed by atoms with Crippen molar-refractivity contribution in [1.82, 2.24) is 14.5 Å². The Hall–Kier alpha value is -2.74. The zero-order valence-electron chi connectivity index (χ0n) is 15.3. The highest BCUT2D eigenvalue weighted by Crippen LogP contribution is 2.18. The summed E-state index contributed by atoms with van der Waals surface area (Å²) in [5.41, 5.74) is 0.0852. The molecule has 0 saturated heterocycles. The van der Waals surface area contributed by atoms with Gasteiger partial charge in [0.15, 0.2) is 0 Å². The van der Waals surface area contributed by atoms with Crippen LogP contribution in [0.1, 0.15) is 25.8 Å². The molecule has 2 heterocycles. The molecule has 6 nitrogen and oxygen atoms in total. The summed E-state index contributed by atoms with van der Waals surface area (Å²) in [6.45, 7) is 5.26. The van der Waals surface area contributed by atoms with Crippen molar-refractivity contribution < 1.29 is 9.18 Å².